The summed E-state index contributed by atoms with van der Waals surface area (Å²) in [4.78, 5) is 23.5. The third kappa shape index (κ3) is 4.21. The van der Waals surface area contributed by atoms with Crippen molar-refractivity contribution in [2.45, 2.75) is 0 Å². The Hall–Kier alpha value is -2.08. The molecular formula is C15H13Cl2N3O2. The van der Waals surface area contributed by atoms with Gasteiger partial charge in [0.25, 0.3) is 5.91 Å². The molecule has 4 N–H and O–H groups in total. The van der Waals surface area contributed by atoms with Crippen molar-refractivity contribution >= 4 is 46.4 Å². The highest BCUT2D eigenvalue weighted by Crippen LogP contribution is 2.26. The van der Waals surface area contributed by atoms with Crippen LogP contribution in [0.5, 0.6) is 0 Å². The number of nitrogens with two attached hydrogens (primary N) is 1. The number of hydrogen-bond acceptors (Lipinski definition) is 3. The zero-order valence-corrected chi connectivity index (χ0v) is 12.9. The molecule has 7 heteroatoms. The van der Waals surface area contributed by atoms with E-state index in [1.54, 1.807) is 42.5 Å². The van der Waals surface area contributed by atoms with Crippen LogP contribution in [0.3, 0.4) is 0 Å². The molecule has 0 spiro atoms. The molecular weight excluding hydrogens is 325 g/mol. The molecule has 0 unspecified atom stereocenters. The molecule has 0 fully saturated rings. The fraction of sp³-hybridized carbons (Fsp3) is 0.0667. The summed E-state index contributed by atoms with van der Waals surface area (Å²) in [5.74, 6) is -0.693. The maximum Gasteiger partial charge on any atom is 0.255 e. The SMILES string of the molecule is NCC(=O)Nc1cc(NC(=O)c2cccc(Cl)c2)ccc1Cl. The van der Waals surface area contributed by atoms with Crippen LogP contribution in [-0.4, -0.2) is 18.4 Å². The Morgan fingerprint density at radius 3 is 2.50 bits per heavy atom. The van der Waals surface area contributed by atoms with E-state index in [1.165, 1.54) is 0 Å². The Balaban J connectivity index is 2.17. The molecule has 0 atom stereocenters. The summed E-state index contributed by atoms with van der Waals surface area (Å²) in [6.45, 7) is -0.157. The van der Waals surface area contributed by atoms with Crippen LogP contribution in [0.1, 0.15) is 10.4 Å². The Morgan fingerprint density at radius 1 is 1.05 bits per heavy atom. The van der Waals surface area contributed by atoms with E-state index in [-0.39, 0.29) is 18.4 Å². The Kier molecular flexibility index (Phi) is 5.38. The molecule has 2 rings (SSSR count). The van der Waals surface area contributed by atoms with Gasteiger partial charge in [0.1, 0.15) is 0 Å². The second kappa shape index (κ2) is 7.26. The molecule has 0 saturated carbocycles. The van der Waals surface area contributed by atoms with E-state index >= 15 is 0 Å². The van der Waals surface area contributed by atoms with Gasteiger partial charge in [-0.05, 0) is 36.4 Å². The summed E-state index contributed by atoms with van der Waals surface area (Å²) in [5, 5.41) is 6.08. The molecule has 2 aromatic carbocycles. The highest BCUT2D eigenvalue weighted by Gasteiger charge is 2.09. The van der Waals surface area contributed by atoms with Crippen molar-refractivity contribution in [1.82, 2.24) is 0 Å². The summed E-state index contributed by atoms with van der Waals surface area (Å²) in [6, 6.07) is 11.3. The van der Waals surface area contributed by atoms with E-state index in [4.69, 9.17) is 28.9 Å². The Labute approximate surface area is 137 Å². The van der Waals surface area contributed by atoms with Gasteiger partial charge in [-0.15, -0.1) is 0 Å². The van der Waals surface area contributed by atoms with E-state index in [0.29, 0.717) is 27.0 Å². The second-order valence-electron chi connectivity index (χ2n) is 4.41. The van der Waals surface area contributed by atoms with Gasteiger partial charge in [-0.25, -0.2) is 0 Å². The Bertz CT molecular complexity index is 720. The molecule has 0 heterocycles. The van der Waals surface area contributed by atoms with Crippen LogP contribution in [0.4, 0.5) is 11.4 Å². The third-order valence-corrected chi connectivity index (χ3v) is 3.34. The average Bonchev–Trinajstić information content (AvgIpc) is 2.50. The molecule has 5 nitrogen and oxygen atoms in total. The van der Waals surface area contributed by atoms with Crippen LogP contribution in [0.25, 0.3) is 0 Å². The van der Waals surface area contributed by atoms with Crippen molar-refractivity contribution in [3.8, 4) is 0 Å². The Morgan fingerprint density at radius 2 is 1.82 bits per heavy atom. The van der Waals surface area contributed by atoms with Gasteiger partial charge in [0.05, 0.1) is 17.3 Å². The van der Waals surface area contributed by atoms with Crippen LogP contribution in [0.15, 0.2) is 42.5 Å². The predicted molar refractivity (Wildman–Crippen MR) is 88.5 cm³/mol. The van der Waals surface area contributed by atoms with Gasteiger partial charge in [0, 0.05) is 16.3 Å². The molecule has 22 heavy (non-hydrogen) atoms. The standard InChI is InChI=1S/C15H13Cl2N3O2/c16-10-3-1-2-9(6-10)15(22)19-11-4-5-12(17)13(7-11)20-14(21)8-18/h1-7H,8,18H2,(H,19,22)(H,20,21). The molecule has 0 aliphatic carbocycles. The zero-order valence-electron chi connectivity index (χ0n) is 11.4. The first-order valence-corrected chi connectivity index (χ1v) is 7.11. The highest BCUT2D eigenvalue weighted by atomic mass is 35.5. The van der Waals surface area contributed by atoms with Crippen LogP contribution in [0, 0.1) is 0 Å². The molecule has 2 amide bonds. The fourth-order valence-corrected chi connectivity index (χ4v) is 2.09. The quantitative estimate of drug-likeness (QED) is 0.801. The summed E-state index contributed by atoms with van der Waals surface area (Å²) < 4.78 is 0. The van der Waals surface area contributed by atoms with Crippen LogP contribution in [-0.2, 0) is 4.79 Å². The molecule has 114 valence electrons. The molecule has 0 aliphatic heterocycles. The minimum atomic E-state index is -0.375. The number of amides is 2. The normalized spacial score (nSPS) is 10.1. The van der Waals surface area contributed by atoms with E-state index in [1.807, 2.05) is 0 Å². The number of rotatable bonds is 4. The lowest BCUT2D eigenvalue weighted by Gasteiger charge is -2.10. The zero-order chi connectivity index (χ0) is 16.1. The van der Waals surface area contributed by atoms with Crippen molar-refractivity contribution in [2.75, 3.05) is 17.2 Å². The minimum Gasteiger partial charge on any atom is -0.324 e. The lowest BCUT2D eigenvalue weighted by Crippen LogP contribution is -2.22. The van der Waals surface area contributed by atoms with Gasteiger partial charge in [-0.3, -0.25) is 9.59 Å². The number of carbonyl (C=O) groups excluding carboxylic acids is 2. The van der Waals surface area contributed by atoms with Crippen LogP contribution < -0.4 is 16.4 Å². The van der Waals surface area contributed by atoms with Gasteiger partial charge >= 0.3 is 0 Å². The number of halogens is 2. The molecule has 0 radical (unpaired) electrons. The smallest absolute Gasteiger partial charge is 0.255 e. The van der Waals surface area contributed by atoms with E-state index in [0.717, 1.165) is 0 Å². The number of benzene rings is 2. The minimum absolute atomic E-state index is 0.157. The number of anilines is 2. The highest BCUT2D eigenvalue weighted by molar-refractivity contribution is 6.34. The summed E-state index contributed by atoms with van der Waals surface area (Å²) >= 11 is 11.8. The molecule has 2 aromatic rings. The molecule has 0 aliphatic rings. The van der Waals surface area contributed by atoms with Gasteiger partial charge < -0.3 is 16.4 Å². The van der Waals surface area contributed by atoms with Crippen LogP contribution in [0.2, 0.25) is 10.0 Å². The average molecular weight is 338 g/mol. The van der Waals surface area contributed by atoms with Crippen molar-refractivity contribution in [3.63, 3.8) is 0 Å². The van der Waals surface area contributed by atoms with Gasteiger partial charge in [-0.2, -0.15) is 0 Å². The van der Waals surface area contributed by atoms with Gasteiger partial charge in [-0.1, -0.05) is 29.3 Å². The van der Waals surface area contributed by atoms with Crippen molar-refractivity contribution in [1.29, 1.82) is 0 Å². The molecule has 0 saturated heterocycles. The second-order valence-corrected chi connectivity index (χ2v) is 5.26. The molecule has 0 bridgehead atoms. The largest absolute Gasteiger partial charge is 0.324 e. The fourth-order valence-electron chi connectivity index (χ4n) is 1.73. The molecule has 0 aromatic heterocycles. The topological polar surface area (TPSA) is 84.2 Å². The van der Waals surface area contributed by atoms with Crippen molar-refractivity contribution in [3.05, 3.63) is 58.1 Å². The maximum absolute atomic E-state index is 12.1. The first-order valence-electron chi connectivity index (χ1n) is 6.36. The summed E-state index contributed by atoms with van der Waals surface area (Å²) in [6.07, 6.45) is 0. The number of carbonyl (C=O) groups is 2. The summed E-state index contributed by atoms with van der Waals surface area (Å²) in [7, 11) is 0. The number of hydrogen-bond donors (Lipinski definition) is 3. The van der Waals surface area contributed by atoms with Gasteiger partial charge in [0.15, 0.2) is 0 Å². The monoisotopic (exact) mass is 337 g/mol. The maximum atomic E-state index is 12.1. The van der Waals surface area contributed by atoms with Crippen molar-refractivity contribution < 1.29 is 9.59 Å². The first-order chi connectivity index (χ1) is 10.5. The van der Waals surface area contributed by atoms with E-state index in [2.05, 4.69) is 10.6 Å². The predicted octanol–water partition coefficient (Wildman–Crippen LogP) is 3.14. The van der Waals surface area contributed by atoms with Crippen molar-refractivity contribution in [2.24, 2.45) is 5.73 Å². The summed E-state index contributed by atoms with van der Waals surface area (Å²) in [5.41, 5.74) is 6.53. The lowest BCUT2D eigenvalue weighted by atomic mass is 10.2. The first kappa shape index (κ1) is 16.3. The van der Waals surface area contributed by atoms with Crippen LogP contribution >= 0.6 is 23.2 Å². The number of nitrogens with one attached hydrogen (secondary N) is 2. The van der Waals surface area contributed by atoms with E-state index in [9.17, 15) is 9.59 Å². The van der Waals surface area contributed by atoms with Gasteiger partial charge in [0.2, 0.25) is 5.91 Å². The lowest BCUT2D eigenvalue weighted by molar-refractivity contribution is -0.114. The van der Waals surface area contributed by atoms with E-state index < -0.39 is 0 Å². The third-order valence-electron chi connectivity index (χ3n) is 2.77.